The fourth-order valence-electron chi connectivity index (χ4n) is 2.10. The fraction of sp³-hybridized carbons (Fsp3) is 0.235. The highest BCUT2D eigenvalue weighted by atomic mass is 32.2. The number of nitrogens with one attached hydrogen (secondary N) is 1. The summed E-state index contributed by atoms with van der Waals surface area (Å²) in [5.41, 5.74) is 1.50. The molecule has 2 rings (SSSR count). The van der Waals surface area contributed by atoms with Gasteiger partial charge >= 0.3 is 5.97 Å². The zero-order valence-corrected chi connectivity index (χ0v) is 13.2. The summed E-state index contributed by atoms with van der Waals surface area (Å²) in [4.78, 5) is 12.9. The molecule has 2 N–H and O–H groups in total. The van der Waals surface area contributed by atoms with Crippen molar-refractivity contribution in [3.8, 4) is 0 Å². The third-order valence-electron chi connectivity index (χ3n) is 3.54. The van der Waals surface area contributed by atoms with Gasteiger partial charge in [-0.15, -0.1) is 11.8 Å². The molecule has 110 valence electrons. The van der Waals surface area contributed by atoms with Gasteiger partial charge < -0.3 is 10.4 Å². The smallest absolute Gasteiger partial charge is 0.333 e. The summed E-state index contributed by atoms with van der Waals surface area (Å²) in [5, 5.41) is 12.8. The van der Waals surface area contributed by atoms with Crippen LogP contribution in [0.5, 0.6) is 0 Å². The fourth-order valence-corrected chi connectivity index (χ4v) is 2.51. The molecule has 0 bridgehead atoms. The van der Waals surface area contributed by atoms with Crippen LogP contribution in [0.2, 0.25) is 0 Å². The Kier molecular flexibility index (Phi) is 4.58. The normalized spacial score (nSPS) is 13.5. The number of carbonyl (C=O) groups is 1. The van der Waals surface area contributed by atoms with E-state index in [4.69, 9.17) is 0 Å². The summed E-state index contributed by atoms with van der Waals surface area (Å²) in [5.74, 6) is -0.903. The number of thioether (sulfide) groups is 1. The van der Waals surface area contributed by atoms with Crippen LogP contribution in [-0.2, 0) is 10.3 Å². The Morgan fingerprint density at radius 1 is 1.10 bits per heavy atom. The van der Waals surface area contributed by atoms with Crippen molar-refractivity contribution in [1.29, 1.82) is 0 Å². The summed E-state index contributed by atoms with van der Waals surface area (Å²) < 4.78 is 0. The minimum Gasteiger partial charge on any atom is -0.479 e. The second kappa shape index (κ2) is 6.22. The topological polar surface area (TPSA) is 49.3 Å². The molecule has 0 saturated heterocycles. The first-order chi connectivity index (χ1) is 9.95. The van der Waals surface area contributed by atoms with Gasteiger partial charge in [0.05, 0.1) is 0 Å². The molecule has 3 nitrogen and oxygen atoms in total. The molecule has 0 amide bonds. The van der Waals surface area contributed by atoms with Gasteiger partial charge in [0, 0.05) is 10.6 Å². The van der Waals surface area contributed by atoms with Crippen LogP contribution in [-0.4, -0.2) is 17.3 Å². The van der Waals surface area contributed by atoms with Crippen LogP contribution in [0.15, 0.2) is 53.4 Å². The highest BCUT2D eigenvalue weighted by Crippen LogP contribution is 2.28. The molecule has 1 atom stereocenters. The van der Waals surface area contributed by atoms with Crippen LogP contribution in [0.25, 0.3) is 0 Å². The van der Waals surface area contributed by atoms with Crippen molar-refractivity contribution in [3.05, 3.63) is 59.7 Å². The average molecular weight is 301 g/mol. The molecule has 0 aromatic heterocycles. The standard InChI is InChI=1S/C17H19NO2S/c1-12-4-8-14(9-5-12)18-17(2,16(19)20)13-6-10-15(21-3)11-7-13/h4-11,18H,1-3H3,(H,19,20). The Bertz CT molecular complexity index is 622. The maximum absolute atomic E-state index is 11.8. The average Bonchev–Trinajstić information content (AvgIpc) is 2.49. The van der Waals surface area contributed by atoms with Gasteiger partial charge in [0.2, 0.25) is 0 Å². The summed E-state index contributed by atoms with van der Waals surface area (Å²) in [7, 11) is 0. The molecular weight excluding hydrogens is 282 g/mol. The zero-order chi connectivity index (χ0) is 15.5. The number of aliphatic carboxylic acids is 1. The van der Waals surface area contributed by atoms with Crippen molar-refractivity contribution in [3.63, 3.8) is 0 Å². The lowest BCUT2D eigenvalue weighted by Gasteiger charge is -2.28. The first kappa shape index (κ1) is 15.4. The molecule has 0 aliphatic heterocycles. The molecule has 2 aromatic rings. The van der Waals surface area contributed by atoms with E-state index in [0.29, 0.717) is 0 Å². The Labute approximate surface area is 129 Å². The van der Waals surface area contributed by atoms with Crippen LogP contribution in [0.1, 0.15) is 18.1 Å². The van der Waals surface area contributed by atoms with Crippen molar-refractivity contribution >= 4 is 23.4 Å². The quantitative estimate of drug-likeness (QED) is 0.815. The van der Waals surface area contributed by atoms with Crippen LogP contribution in [0.4, 0.5) is 5.69 Å². The lowest BCUT2D eigenvalue weighted by Crippen LogP contribution is -2.40. The molecule has 0 aliphatic rings. The van der Waals surface area contributed by atoms with Crippen molar-refractivity contribution in [2.45, 2.75) is 24.3 Å². The summed E-state index contributed by atoms with van der Waals surface area (Å²) >= 11 is 1.63. The zero-order valence-electron chi connectivity index (χ0n) is 12.4. The number of aryl methyl sites for hydroxylation is 1. The molecule has 1 unspecified atom stereocenters. The van der Waals surface area contributed by atoms with Crippen LogP contribution in [0, 0.1) is 6.92 Å². The van der Waals surface area contributed by atoms with Gasteiger partial charge in [-0.3, -0.25) is 0 Å². The van der Waals surface area contributed by atoms with E-state index in [1.165, 1.54) is 0 Å². The molecule has 0 heterocycles. The minimum atomic E-state index is -1.16. The Morgan fingerprint density at radius 2 is 1.67 bits per heavy atom. The van der Waals surface area contributed by atoms with Crippen molar-refractivity contribution in [2.24, 2.45) is 0 Å². The van der Waals surface area contributed by atoms with Crippen LogP contribution < -0.4 is 5.32 Å². The predicted molar refractivity (Wildman–Crippen MR) is 88.0 cm³/mol. The monoisotopic (exact) mass is 301 g/mol. The first-order valence-corrected chi connectivity index (χ1v) is 7.91. The Balaban J connectivity index is 2.34. The highest BCUT2D eigenvalue weighted by Gasteiger charge is 2.35. The maximum atomic E-state index is 11.8. The Morgan fingerprint density at radius 3 is 2.14 bits per heavy atom. The lowest BCUT2D eigenvalue weighted by molar-refractivity contribution is -0.142. The van der Waals surface area contributed by atoms with E-state index in [2.05, 4.69) is 5.32 Å². The predicted octanol–water partition coefficient (Wildman–Crippen LogP) is 4.13. The Hall–Kier alpha value is -1.94. The minimum absolute atomic E-state index is 0.730. The largest absolute Gasteiger partial charge is 0.479 e. The van der Waals surface area contributed by atoms with Crippen LogP contribution in [0.3, 0.4) is 0 Å². The van der Waals surface area contributed by atoms with Crippen molar-refractivity contribution in [2.75, 3.05) is 11.6 Å². The SMILES string of the molecule is CSc1ccc(C(C)(Nc2ccc(C)cc2)C(=O)O)cc1. The number of rotatable bonds is 5. The van der Waals surface area contributed by atoms with Crippen molar-refractivity contribution < 1.29 is 9.90 Å². The van der Waals surface area contributed by atoms with Gasteiger partial charge in [0.15, 0.2) is 5.54 Å². The molecule has 0 spiro atoms. The van der Waals surface area contributed by atoms with Crippen LogP contribution >= 0.6 is 11.8 Å². The van der Waals surface area contributed by atoms with Gasteiger partial charge in [0.1, 0.15) is 0 Å². The van der Waals surface area contributed by atoms with Gasteiger partial charge in [-0.05, 0) is 49.9 Å². The molecule has 21 heavy (non-hydrogen) atoms. The molecule has 0 fully saturated rings. The second-order valence-electron chi connectivity index (χ2n) is 5.15. The van der Waals surface area contributed by atoms with E-state index in [1.54, 1.807) is 18.7 Å². The summed E-state index contributed by atoms with van der Waals surface area (Å²) in [6, 6.07) is 15.3. The molecule has 0 saturated carbocycles. The number of anilines is 1. The summed E-state index contributed by atoms with van der Waals surface area (Å²) in [6.07, 6.45) is 2.00. The highest BCUT2D eigenvalue weighted by molar-refractivity contribution is 7.98. The molecule has 2 aromatic carbocycles. The molecule has 4 heteroatoms. The molecular formula is C17H19NO2S. The van der Waals surface area contributed by atoms with Gasteiger partial charge in [-0.1, -0.05) is 29.8 Å². The second-order valence-corrected chi connectivity index (χ2v) is 6.03. The van der Waals surface area contributed by atoms with Crippen molar-refractivity contribution in [1.82, 2.24) is 0 Å². The molecule has 0 radical (unpaired) electrons. The van der Waals surface area contributed by atoms with E-state index in [0.717, 1.165) is 21.7 Å². The van der Waals surface area contributed by atoms with Gasteiger partial charge in [-0.2, -0.15) is 0 Å². The van der Waals surface area contributed by atoms with E-state index in [9.17, 15) is 9.90 Å². The first-order valence-electron chi connectivity index (χ1n) is 6.68. The number of benzene rings is 2. The maximum Gasteiger partial charge on any atom is 0.333 e. The van der Waals surface area contributed by atoms with E-state index >= 15 is 0 Å². The van der Waals surface area contributed by atoms with E-state index < -0.39 is 11.5 Å². The third-order valence-corrected chi connectivity index (χ3v) is 4.28. The number of carboxylic acid groups (broad SMARTS) is 1. The summed E-state index contributed by atoms with van der Waals surface area (Å²) in [6.45, 7) is 3.69. The van der Waals surface area contributed by atoms with E-state index in [1.807, 2.05) is 61.7 Å². The van der Waals surface area contributed by atoms with Gasteiger partial charge in [-0.25, -0.2) is 4.79 Å². The number of hydrogen-bond acceptors (Lipinski definition) is 3. The van der Waals surface area contributed by atoms with E-state index in [-0.39, 0.29) is 0 Å². The van der Waals surface area contributed by atoms with Gasteiger partial charge in [0.25, 0.3) is 0 Å². The number of carboxylic acids is 1. The third kappa shape index (κ3) is 3.39. The molecule has 0 aliphatic carbocycles. The number of hydrogen-bond donors (Lipinski definition) is 2. The lowest BCUT2D eigenvalue weighted by atomic mass is 9.91.